The first kappa shape index (κ1) is 34.0. The molecule has 1 fully saturated rings. The smallest absolute Gasteiger partial charge is 0.416 e. The highest BCUT2D eigenvalue weighted by molar-refractivity contribution is 6.33. The minimum absolute atomic E-state index is 0.0151. The normalized spacial score (nSPS) is 15.4. The Labute approximate surface area is 292 Å². The van der Waals surface area contributed by atoms with Crippen molar-refractivity contribution in [1.29, 1.82) is 0 Å². The lowest BCUT2D eigenvalue weighted by Crippen LogP contribution is -2.51. The van der Waals surface area contributed by atoms with Crippen molar-refractivity contribution in [1.82, 2.24) is 33.7 Å². The molecule has 0 radical (unpaired) electrons. The molecule has 0 spiro atoms. The molecule has 2 amide bonds. The number of amides is 2. The summed E-state index contributed by atoms with van der Waals surface area (Å²) in [6.07, 6.45) is 1.14. The van der Waals surface area contributed by atoms with Gasteiger partial charge in [-0.05, 0) is 48.7 Å². The van der Waals surface area contributed by atoms with Gasteiger partial charge in [-0.1, -0.05) is 24.6 Å². The van der Waals surface area contributed by atoms with E-state index in [0.717, 1.165) is 28.3 Å². The Kier molecular flexibility index (Phi) is 8.93. The van der Waals surface area contributed by atoms with E-state index in [1.54, 1.807) is 21.7 Å². The molecule has 7 rings (SSSR count). The van der Waals surface area contributed by atoms with Crippen molar-refractivity contribution < 1.29 is 32.6 Å². The van der Waals surface area contributed by atoms with Crippen molar-refractivity contribution in [2.45, 2.75) is 32.5 Å². The van der Waals surface area contributed by atoms with E-state index in [4.69, 9.17) is 16.3 Å². The molecule has 0 bridgehead atoms. The van der Waals surface area contributed by atoms with Gasteiger partial charge in [0.1, 0.15) is 17.7 Å². The maximum Gasteiger partial charge on any atom is 0.416 e. The van der Waals surface area contributed by atoms with E-state index in [1.165, 1.54) is 16.8 Å². The van der Waals surface area contributed by atoms with Crippen molar-refractivity contribution in [3.63, 3.8) is 0 Å². The van der Waals surface area contributed by atoms with Crippen LogP contribution < -0.4 is 15.8 Å². The number of hydrogen-bond donors (Lipinski definition) is 2. The highest BCUT2D eigenvalue weighted by atomic mass is 35.5. The quantitative estimate of drug-likeness (QED) is 0.255. The van der Waals surface area contributed by atoms with Gasteiger partial charge in [0.25, 0.3) is 11.5 Å². The van der Waals surface area contributed by atoms with Crippen LogP contribution in [-0.4, -0.2) is 90.0 Å². The molecule has 0 unspecified atom stereocenters. The molecule has 14 nitrogen and oxygen atoms in total. The van der Waals surface area contributed by atoms with Crippen molar-refractivity contribution in [3.8, 4) is 5.75 Å². The Morgan fingerprint density at radius 1 is 1.12 bits per heavy atom. The topological polar surface area (TPSA) is 152 Å². The third-order valence-electron chi connectivity index (χ3n) is 8.95. The zero-order chi connectivity index (χ0) is 36.0. The third kappa shape index (κ3) is 6.38. The van der Waals surface area contributed by atoms with E-state index in [-0.39, 0.29) is 72.1 Å². The van der Waals surface area contributed by atoms with Crippen molar-refractivity contribution >= 4 is 51.7 Å². The molecule has 0 aliphatic carbocycles. The number of nitrogens with one attached hydrogen (secondary N) is 1. The van der Waals surface area contributed by atoms with E-state index in [9.17, 15) is 32.7 Å². The molecule has 5 aromatic rings. The molecular weight excluding hydrogens is 695 g/mol. The SMILES string of the molecule is CCc1c(N2CCN(C(=O)c3ccn4nccc4c3O)CC2)c(=O)n2nc(C3=CCOCC3)nc2n1CC(=O)Nc1ccc(C(F)(F)F)cc1Cl. The summed E-state index contributed by atoms with van der Waals surface area (Å²) in [4.78, 5) is 49.3. The Hall–Kier alpha value is -5.42. The Balaban J connectivity index is 1.21. The van der Waals surface area contributed by atoms with Crippen LogP contribution in [0.3, 0.4) is 0 Å². The fourth-order valence-electron chi connectivity index (χ4n) is 6.38. The lowest BCUT2D eigenvalue weighted by atomic mass is 10.1. The lowest BCUT2D eigenvalue weighted by molar-refractivity contribution is -0.137. The van der Waals surface area contributed by atoms with Gasteiger partial charge in [-0.25, -0.2) is 4.52 Å². The van der Waals surface area contributed by atoms with Gasteiger partial charge in [0.15, 0.2) is 11.6 Å². The first-order valence-corrected chi connectivity index (χ1v) is 16.5. The summed E-state index contributed by atoms with van der Waals surface area (Å²) >= 11 is 6.12. The van der Waals surface area contributed by atoms with E-state index in [1.807, 2.05) is 17.9 Å². The molecule has 2 N–H and O–H groups in total. The largest absolute Gasteiger partial charge is 0.505 e. The van der Waals surface area contributed by atoms with E-state index in [0.29, 0.717) is 43.1 Å². The van der Waals surface area contributed by atoms with Crippen LogP contribution in [0.5, 0.6) is 5.75 Å². The fourth-order valence-corrected chi connectivity index (χ4v) is 6.61. The van der Waals surface area contributed by atoms with Gasteiger partial charge >= 0.3 is 6.18 Å². The summed E-state index contributed by atoms with van der Waals surface area (Å²) in [7, 11) is 0. The Bertz CT molecular complexity index is 2270. The molecule has 1 saturated heterocycles. The summed E-state index contributed by atoms with van der Waals surface area (Å²) in [6.45, 7) is 3.23. The minimum atomic E-state index is -4.61. The number of aromatic hydroxyl groups is 1. The second-order valence-electron chi connectivity index (χ2n) is 12.0. The standard InChI is InChI=1S/C33H31ClF3N9O5/c1-2-24-27(42-11-13-43(14-12-42)30(49)21-6-10-45-25(28(21)48)5-9-38-45)31(50)46-32(40-29(41-46)19-7-15-51-16-8-19)44(24)18-26(47)39-23-4-3-20(17-22(23)34)33(35,36)37/h3-7,9-10,17,48H,2,8,11-16,18H2,1H3,(H,39,47). The van der Waals surface area contributed by atoms with Crippen molar-refractivity contribution in [2.75, 3.05) is 49.6 Å². The average molecular weight is 726 g/mol. The molecule has 266 valence electrons. The van der Waals surface area contributed by atoms with Crippen LogP contribution in [0, 0.1) is 0 Å². The van der Waals surface area contributed by atoms with Crippen molar-refractivity contribution in [2.24, 2.45) is 0 Å². The molecule has 0 saturated carbocycles. The zero-order valence-electron chi connectivity index (χ0n) is 27.2. The van der Waals surface area contributed by atoms with Gasteiger partial charge in [-0.15, -0.1) is 5.10 Å². The van der Waals surface area contributed by atoms with E-state index < -0.39 is 23.2 Å². The summed E-state index contributed by atoms with van der Waals surface area (Å²) in [5.74, 6) is -0.760. The number of anilines is 2. The number of alkyl halides is 3. The predicted molar refractivity (Wildman–Crippen MR) is 180 cm³/mol. The van der Waals surface area contributed by atoms with Gasteiger partial charge in [0.2, 0.25) is 11.7 Å². The van der Waals surface area contributed by atoms with Crippen LogP contribution in [0.15, 0.2) is 53.6 Å². The van der Waals surface area contributed by atoms with E-state index >= 15 is 0 Å². The zero-order valence-corrected chi connectivity index (χ0v) is 27.9. The number of pyridine rings is 1. The monoisotopic (exact) mass is 725 g/mol. The Morgan fingerprint density at radius 3 is 2.59 bits per heavy atom. The van der Waals surface area contributed by atoms with Gasteiger partial charge < -0.3 is 29.5 Å². The number of benzene rings is 1. The molecular formula is C33H31ClF3N9O5. The maximum atomic E-state index is 14.2. The first-order valence-electron chi connectivity index (χ1n) is 16.1. The molecule has 0 atom stereocenters. The Morgan fingerprint density at radius 2 is 1.90 bits per heavy atom. The van der Waals surface area contributed by atoms with Crippen molar-refractivity contribution in [3.05, 3.63) is 86.8 Å². The average Bonchev–Trinajstić information content (AvgIpc) is 3.79. The number of rotatable bonds is 7. The number of carbonyl (C=O) groups is 2. The maximum absolute atomic E-state index is 14.2. The molecule has 18 heteroatoms. The number of fused-ring (bicyclic) bond motifs is 2. The highest BCUT2D eigenvalue weighted by Gasteiger charge is 2.32. The molecule has 4 aromatic heterocycles. The fraction of sp³-hybridized carbons (Fsp3) is 0.333. The summed E-state index contributed by atoms with van der Waals surface area (Å²) < 4.78 is 49.2. The number of aromatic nitrogens is 6. The van der Waals surface area contributed by atoms with Gasteiger partial charge in [0.05, 0.1) is 46.9 Å². The molecule has 6 heterocycles. The van der Waals surface area contributed by atoms with Crippen LogP contribution in [0.4, 0.5) is 24.5 Å². The summed E-state index contributed by atoms with van der Waals surface area (Å²) in [6, 6.07) is 5.74. The second kappa shape index (κ2) is 13.4. The van der Waals surface area contributed by atoms with Crippen LogP contribution in [-0.2, 0) is 28.7 Å². The molecule has 2 aliphatic heterocycles. The molecule has 1 aromatic carbocycles. The first-order chi connectivity index (χ1) is 24.4. The number of piperazine rings is 1. The van der Waals surface area contributed by atoms with Gasteiger partial charge in [0, 0.05) is 32.4 Å². The number of carbonyl (C=O) groups excluding carboxylic acids is 2. The third-order valence-corrected chi connectivity index (χ3v) is 9.26. The van der Waals surface area contributed by atoms with Gasteiger partial charge in [-0.2, -0.15) is 27.8 Å². The van der Waals surface area contributed by atoms with Gasteiger partial charge in [-0.3, -0.25) is 14.4 Å². The highest BCUT2D eigenvalue weighted by Crippen LogP contribution is 2.34. The second-order valence-corrected chi connectivity index (χ2v) is 12.4. The minimum Gasteiger partial charge on any atom is -0.505 e. The predicted octanol–water partition coefficient (Wildman–Crippen LogP) is 3.88. The summed E-state index contributed by atoms with van der Waals surface area (Å²) in [5, 5.41) is 21.7. The number of ether oxygens (including phenoxy) is 1. The summed E-state index contributed by atoms with van der Waals surface area (Å²) in [5.41, 5.74) is 0.629. The lowest BCUT2D eigenvalue weighted by Gasteiger charge is -2.37. The van der Waals surface area contributed by atoms with Crippen LogP contribution in [0.1, 0.15) is 40.8 Å². The number of hydrogen-bond acceptors (Lipinski definition) is 9. The van der Waals surface area contributed by atoms with E-state index in [2.05, 4.69) is 20.5 Å². The van der Waals surface area contributed by atoms with Crippen LogP contribution >= 0.6 is 11.6 Å². The number of halogens is 4. The van der Waals surface area contributed by atoms with Crippen LogP contribution in [0.2, 0.25) is 5.02 Å². The van der Waals surface area contributed by atoms with Crippen LogP contribution in [0.25, 0.3) is 16.9 Å². The molecule has 51 heavy (non-hydrogen) atoms. The number of nitrogens with zero attached hydrogens (tertiary/aromatic N) is 8. The molecule has 2 aliphatic rings.